The van der Waals surface area contributed by atoms with Gasteiger partial charge in [0.05, 0.1) is 5.02 Å². The van der Waals surface area contributed by atoms with Crippen LogP contribution in [0.15, 0.2) is 41.3 Å². The second-order valence-corrected chi connectivity index (χ2v) is 8.27. The molecule has 0 radical (unpaired) electrons. The zero-order valence-electron chi connectivity index (χ0n) is 14.2. The zero-order valence-corrected chi connectivity index (χ0v) is 15.7. The molecule has 0 aromatic heterocycles. The summed E-state index contributed by atoms with van der Waals surface area (Å²) in [4.78, 5) is 12.4. The number of hydrogen-bond donors (Lipinski definition) is 1. The molecule has 0 bridgehead atoms. The van der Waals surface area contributed by atoms with Crippen molar-refractivity contribution < 1.29 is 22.7 Å². The van der Waals surface area contributed by atoms with Gasteiger partial charge in [0.2, 0.25) is 10.0 Å². The molecular weight excluding hydrogens is 380 g/mol. The molecule has 138 valence electrons. The molecule has 2 aromatic rings. The molecule has 0 saturated carbocycles. The number of nitrogens with one attached hydrogen (secondary N) is 1. The van der Waals surface area contributed by atoms with Gasteiger partial charge < -0.3 is 14.8 Å². The third kappa shape index (κ3) is 3.62. The molecule has 1 aliphatic rings. The monoisotopic (exact) mass is 396 g/mol. The van der Waals surface area contributed by atoms with Gasteiger partial charge in [-0.25, -0.2) is 12.7 Å². The average molecular weight is 397 g/mol. The molecule has 1 N–H and O–H groups in total. The second kappa shape index (κ2) is 7.14. The predicted molar refractivity (Wildman–Crippen MR) is 97.7 cm³/mol. The normalized spacial score (nSPS) is 13.5. The van der Waals surface area contributed by atoms with Crippen molar-refractivity contribution in [2.45, 2.75) is 4.90 Å². The number of anilines is 1. The number of halogens is 1. The molecular formula is C17H17ClN2O5S. The van der Waals surface area contributed by atoms with E-state index in [1.54, 1.807) is 18.2 Å². The first kappa shape index (κ1) is 18.5. The van der Waals surface area contributed by atoms with Crippen molar-refractivity contribution >= 4 is 33.2 Å². The van der Waals surface area contributed by atoms with Crippen molar-refractivity contribution in [3.63, 3.8) is 0 Å². The molecule has 1 aliphatic heterocycles. The highest BCUT2D eigenvalue weighted by Crippen LogP contribution is 2.31. The molecule has 0 aliphatic carbocycles. The summed E-state index contributed by atoms with van der Waals surface area (Å²) in [6.07, 6.45) is 0. The molecule has 0 unspecified atom stereocenters. The minimum absolute atomic E-state index is 0.0795. The van der Waals surface area contributed by atoms with Crippen LogP contribution in [-0.4, -0.2) is 45.9 Å². The van der Waals surface area contributed by atoms with Crippen molar-refractivity contribution in [1.82, 2.24) is 4.31 Å². The van der Waals surface area contributed by atoms with Crippen LogP contribution in [0.4, 0.5) is 5.69 Å². The lowest BCUT2D eigenvalue weighted by molar-refractivity contribution is 0.102. The van der Waals surface area contributed by atoms with E-state index in [0.29, 0.717) is 36.0 Å². The Morgan fingerprint density at radius 3 is 2.46 bits per heavy atom. The summed E-state index contributed by atoms with van der Waals surface area (Å²) in [5.41, 5.74) is 0.677. The van der Waals surface area contributed by atoms with Crippen LogP contribution in [0.1, 0.15) is 10.4 Å². The fourth-order valence-electron chi connectivity index (χ4n) is 2.36. The zero-order chi connectivity index (χ0) is 18.9. The van der Waals surface area contributed by atoms with Crippen molar-refractivity contribution in [2.24, 2.45) is 0 Å². The van der Waals surface area contributed by atoms with Gasteiger partial charge in [-0.05, 0) is 36.4 Å². The van der Waals surface area contributed by atoms with E-state index in [1.807, 2.05) is 0 Å². The van der Waals surface area contributed by atoms with Gasteiger partial charge in [0.25, 0.3) is 5.91 Å². The number of ether oxygens (including phenoxy) is 2. The standard InChI is InChI=1S/C17H17ClN2O5S/c1-20(2)26(22,23)16-10-12(4-5-13(16)18)19-17(21)11-3-6-14-15(9-11)25-8-7-24-14/h3-6,9-10H,7-8H2,1-2H3,(H,19,21). The Bertz CT molecular complexity index is 960. The Labute approximate surface area is 156 Å². The summed E-state index contributed by atoms with van der Waals surface area (Å²) in [5.74, 6) is 0.673. The number of hydrogen-bond acceptors (Lipinski definition) is 5. The molecule has 0 spiro atoms. The minimum Gasteiger partial charge on any atom is -0.486 e. The van der Waals surface area contributed by atoms with Gasteiger partial charge in [-0.15, -0.1) is 0 Å². The summed E-state index contributed by atoms with van der Waals surface area (Å²) in [7, 11) is -0.911. The molecule has 2 aromatic carbocycles. The highest BCUT2D eigenvalue weighted by atomic mass is 35.5. The largest absolute Gasteiger partial charge is 0.486 e. The topological polar surface area (TPSA) is 84.9 Å². The van der Waals surface area contributed by atoms with Gasteiger partial charge in [0, 0.05) is 25.3 Å². The fraction of sp³-hybridized carbons (Fsp3) is 0.235. The second-order valence-electron chi connectivity index (χ2n) is 5.75. The van der Waals surface area contributed by atoms with Crippen LogP contribution in [0.5, 0.6) is 11.5 Å². The highest BCUT2D eigenvalue weighted by Gasteiger charge is 2.22. The quantitative estimate of drug-likeness (QED) is 0.858. The number of fused-ring (bicyclic) bond motifs is 1. The highest BCUT2D eigenvalue weighted by molar-refractivity contribution is 7.89. The van der Waals surface area contributed by atoms with E-state index in [9.17, 15) is 13.2 Å². The summed E-state index contributed by atoms with van der Waals surface area (Å²) >= 11 is 6.01. The first-order valence-corrected chi connectivity index (χ1v) is 9.54. The summed E-state index contributed by atoms with van der Waals surface area (Å²) in [6, 6.07) is 9.14. The van der Waals surface area contributed by atoms with E-state index < -0.39 is 15.9 Å². The number of benzene rings is 2. The van der Waals surface area contributed by atoms with E-state index >= 15 is 0 Å². The van der Waals surface area contributed by atoms with E-state index in [4.69, 9.17) is 21.1 Å². The molecule has 3 rings (SSSR count). The molecule has 0 fully saturated rings. The lowest BCUT2D eigenvalue weighted by Crippen LogP contribution is -2.23. The SMILES string of the molecule is CN(C)S(=O)(=O)c1cc(NC(=O)c2ccc3c(c2)OCCO3)ccc1Cl. The lowest BCUT2D eigenvalue weighted by Gasteiger charge is -2.18. The van der Waals surface area contributed by atoms with E-state index in [0.717, 1.165) is 4.31 Å². The Kier molecular flexibility index (Phi) is 5.08. The first-order chi connectivity index (χ1) is 12.3. The summed E-state index contributed by atoms with van der Waals surface area (Å²) in [6.45, 7) is 0.882. The fourth-order valence-corrected chi connectivity index (χ4v) is 3.76. The van der Waals surface area contributed by atoms with Crippen LogP contribution in [0.2, 0.25) is 5.02 Å². The minimum atomic E-state index is -3.73. The van der Waals surface area contributed by atoms with Gasteiger partial charge in [-0.1, -0.05) is 11.6 Å². The van der Waals surface area contributed by atoms with E-state index in [2.05, 4.69) is 5.32 Å². The summed E-state index contributed by atoms with van der Waals surface area (Å²) in [5, 5.41) is 2.75. The van der Waals surface area contributed by atoms with Crippen LogP contribution in [0, 0.1) is 0 Å². The summed E-state index contributed by atoms with van der Waals surface area (Å²) < 4.78 is 36.6. The number of sulfonamides is 1. The van der Waals surface area contributed by atoms with Gasteiger partial charge in [-0.3, -0.25) is 4.79 Å². The van der Waals surface area contributed by atoms with E-state index in [1.165, 1.54) is 32.3 Å². The lowest BCUT2D eigenvalue weighted by atomic mass is 10.1. The third-order valence-electron chi connectivity index (χ3n) is 3.75. The smallest absolute Gasteiger partial charge is 0.255 e. The van der Waals surface area contributed by atoms with Crippen molar-refractivity contribution in [2.75, 3.05) is 32.6 Å². The van der Waals surface area contributed by atoms with Gasteiger partial charge in [-0.2, -0.15) is 0 Å². The molecule has 0 saturated heterocycles. The Morgan fingerprint density at radius 1 is 1.08 bits per heavy atom. The van der Waals surface area contributed by atoms with E-state index in [-0.39, 0.29) is 9.92 Å². The Morgan fingerprint density at radius 2 is 1.77 bits per heavy atom. The predicted octanol–water partition coefficient (Wildman–Crippen LogP) is 2.61. The van der Waals surface area contributed by atoms with Crippen molar-refractivity contribution in [3.8, 4) is 11.5 Å². The van der Waals surface area contributed by atoms with Gasteiger partial charge in [0.15, 0.2) is 11.5 Å². The number of carbonyl (C=O) groups excluding carboxylic acids is 1. The van der Waals surface area contributed by atoms with Crippen molar-refractivity contribution in [3.05, 3.63) is 47.0 Å². The maximum Gasteiger partial charge on any atom is 0.255 e. The molecule has 1 heterocycles. The third-order valence-corrected chi connectivity index (χ3v) is 6.05. The van der Waals surface area contributed by atoms with Crippen LogP contribution in [0.3, 0.4) is 0 Å². The maximum absolute atomic E-state index is 12.5. The van der Waals surface area contributed by atoms with Crippen LogP contribution in [0.25, 0.3) is 0 Å². The van der Waals surface area contributed by atoms with Crippen molar-refractivity contribution in [1.29, 1.82) is 0 Å². The van der Waals surface area contributed by atoms with Crippen LogP contribution in [-0.2, 0) is 10.0 Å². The number of amides is 1. The van der Waals surface area contributed by atoms with Crippen LogP contribution >= 0.6 is 11.6 Å². The Hall–Kier alpha value is -2.29. The first-order valence-electron chi connectivity index (χ1n) is 7.72. The molecule has 1 amide bonds. The molecule has 0 atom stereocenters. The molecule has 7 nitrogen and oxygen atoms in total. The number of rotatable bonds is 4. The van der Waals surface area contributed by atoms with Gasteiger partial charge in [0.1, 0.15) is 18.1 Å². The number of nitrogens with zero attached hydrogens (tertiary/aromatic N) is 1. The average Bonchev–Trinajstić information content (AvgIpc) is 2.62. The Balaban J connectivity index is 1.86. The number of carbonyl (C=O) groups is 1. The molecule has 9 heteroatoms. The van der Waals surface area contributed by atoms with Crippen LogP contribution < -0.4 is 14.8 Å². The van der Waals surface area contributed by atoms with Gasteiger partial charge >= 0.3 is 0 Å². The molecule has 26 heavy (non-hydrogen) atoms. The maximum atomic E-state index is 12.5.